The van der Waals surface area contributed by atoms with Gasteiger partial charge in [0.15, 0.2) is 0 Å². The summed E-state index contributed by atoms with van der Waals surface area (Å²) in [6.07, 6.45) is 0. The maximum absolute atomic E-state index is 13.6. The first-order chi connectivity index (χ1) is 10.1. The number of anilines is 1. The van der Waals surface area contributed by atoms with Gasteiger partial charge in [0, 0.05) is 10.7 Å². The van der Waals surface area contributed by atoms with Crippen molar-refractivity contribution in [2.75, 3.05) is 18.5 Å². The SMILES string of the molecule is O=C(Nc1ccc(OCCO)cc1)c1cc(Cl)ccc1F. The zero-order chi connectivity index (χ0) is 15.2. The van der Waals surface area contributed by atoms with Crippen LogP contribution in [-0.4, -0.2) is 24.2 Å². The molecular weight excluding hydrogens is 297 g/mol. The highest BCUT2D eigenvalue weighted by Crippen LogP contribution is 2.19. The average Bonchev–Trinajstić information content (AvgIpc) is 2.49. The summed E-state index contributed by atoms with van der Waals surface area (Å²) in [5.74, 6) is -0.658. The van der Waals surface area contributed by atoms with Gasteiger partial charge in [0.25, 0.3) is 5.91 Å². The number of aliphatic hydroxyl groups excluding tert-OH is 1. The van der Waals surface area contributed by atoms with Crippen molar-refractivity contribution < 1.29 is 19.0 Å². The molecule has 21 heavy (non-hydrogen) atoms. The number of hydrogen-bond acceptors (Lipinski definition) is 3. The van der Waals surface area contributed by atoms with Crippen molar-refractivity contribution in [2.24, 2.45) is 0 Å². The van der Waals surface area contributed by atoms with Crippen LogP contribution in [0.15, 0.2) is 42.5 Å². The Balaban J connectivity index is 2.07. The first-order valence-corrected chi connectivity index (χ1v) is 6.58. The van der Waals surface area contributed by atoms with E-state index in [1.807, 2.05) is 0 Å². The standard InChI is InChI=1S/C15H13ClFNO3/c16-10-1-6-14(17)13(9-10)15(20)18-11-2-4-12(5-3-11)21-8-7-19/h1-6,9,19H,7-8H2,(H,18,20). The van der Waals surface area contributed by atoms with Crippen molar-refractivity contribution in [2.45, 2.75) is 0 Å². The summed E-state index contributed by atoms with van der Waals surface area (Å²) in [5.41, 5.74) is 0.374. The van der Waals surface area contributed by atoms with Gasteiger partial charge in [-0.15, -0.1) is 0 Å². The van der Waals surface area contributed by atoms with Gasteiger partial charge in [-0.2, -0.15) is 0 Å². The number of ether oxygens (including phenoxy) is 1. The minimum atomic E-state index is -0.639. The summed E-state index contributed by atoms with van der Waals surface area (Å²) >= 11 is 5.75. The fourth-order valence-corrected chi connectivity index (χ4v) is 1.84. The van der Waals surface area contributed by atoms with Gasteiger partial charge in [0.1, 0.15) is 18.2 Å². The van der Waals surface area contributed by atoms with Gasteiger partial charge in [-0.1, -0.05) is 11.6 Å². The molecular formula is C15H13ClFNO3. The maximum Gasteiger partial charge on any atom is 0.258 e. The summed E-state index contributed by atoms with van der Waals surface area (Å²) in [6, 6.07) is 10.3. The molecule has 0 bridgehead atoms. The number of amides is 1. The molecule has 0 saturated carbocycles. The Kier molecular flexibility index (Phi) is 5.14. The molecule has 110 valence electrons. The highest BCUT2D eigenvalue weighted by molar-refractivity contribution is 6.31. The third kappa shape index (κ3) is 4.18. The number of nitrogens with one attached hydrogen (secondary N) is 1. The van der Waals surface area contributed by atoms with E-state index in [0.717, 1.165) is 6.07 Å². The number of carbonyl (C=O) groups excluding carboxylic acids is 1. The van der Waals surface area contributed by atoms with Gasteiger partial charge < -0.3 is 15.2 Å². The van der Waals surface area contributed by atoms with Crippen molar-refractivity contribution in [1.82, 2.24) is 0 Å². The van der Waals surface area contributed by atoms with Gasteiger partial charge in [0.05, 0.1) is 12.2 Å². The Labute approximate surface area is 126 Å². The van der Waals surface area contributed by atoms with E-state index in [1.54, 1.807) is 24.3 Å². The number of benzene rings is 2. The van der Waals surface area contributed by atoms with E-state index < -0.39 is 11.7 Å². The largest absolute Gasteiger partial charge is 0.491 e. The Hall–Kier alpha value is -2.11. The van der Waals surface area contributed by atoms with Crippen LogP contribution in [-0.2, 0) is 0 Å². The molecule has 6 heteroatoms. The van der Waals surface area contributed by atoms with E-state index in [1.165, 1.54) is 12.1 Å². The molecule has 0 atom stereocenters. The van der Waals surface area contributed by atoms with E-state index >= 15 is 0 Å². The minimum Gasteiger partial charge on any atom is -0.491 e. The average molecular weight is 310 g/mol. The molecule has 0 radical (unpaired) electrons. The van der Waals surface area contributed by atoms with Crippen LogP contribution in [0.3, 0.4) is 0 Å². The number of aliphatic hydroxyl groups is 1. The van der Waals surface area contributed by atoms with Crippen molar-refractivity contribution >= 4 is 23.2 Å². The van der Waals surface area contributed by atoms with E-state index in [-0.39, 0.29) is 23.8 Å². The first kappa shape index (κ1) is 15.3. The van der Waals surface area contributed by atoms with Gasteiger partial charge >= 0.3 is 0 Å². The van der Waals surface area contributed by atoms with Gasteiger partial charge in [-0.05, 0) is 42.5 Å². The predicted molar refractivity (Wildman–Crippen MR) is 78.4 cm³/mol. The lowest BCUT2D eigenvalue weighted by atomic mass is 10.2. The summed E-state index contributed by atoms with van der Waals surface area (Å²) in [6.45, 7) is 0.117. The van der Waals surface area contributed by atoms with Crippen molar-refractivity contribution in [3.05, 3.63) is 58.9 Å². The summed E-state index contributed by atoms with van der Waals surface area (Å²) in [7, 11) is 0. The molecule has 2 aromatic rings. The molecule has 0 heterocycles. The van der Waals surface area contributed by atoms with Gasteiger partial charge in [0.2, 0.25) is 0 Å². The molecule has 4 nitrogen and oxygen atoms in total. The lowest BCUT2D eigenvalue weighted by Gasteiger charge is -2.08. The Morgan fingerprint density at radius 3 is 2.62 bits per heavy atom. The zero-order valence-electron chi connectivity index (χ0n) is 11.0. The zero-order valence-corrected chi connectivity index (χ0v) is 11.7. The molecule has 0 aliphatic heterocycles. The van der Waals surface area contributed by atoms with Crippen LogP contribution in [0, 0.1) is 5.82 Å². The molecule has 0 aliphatic carbocycles. The molecule has 2 rings (SSSR count). The fraction of sp³-hybridized carbons (Fsp3) is 0.133. The lowest BCUT2D eigenvalue weighted by Crippen LogP contribution is -2.13. The van der Waals surface area contributed by atoms with Crippen LogP contribution in [0.5, 0.6) is 5.75 Å². The second-order valence-corrected chi connectivity index (χ2v) is 4.61. The molecule has 0 aliphatic rings. The van der Waals surface area contributed by atoms with E-state index in [4.69, 9.17) is 21.4 Å². The van der Waals surface area contributed by atoms with Crippen LogP contribution in [0.25, 0.3) is 0 Å². The molecule has 0 spiro atoms. The van der Waals surface area contributed by atoms with Crippen LogP contribution in [0.4, 0.5) is 10.1 Å². The highest BCUT2D eigenvalue weighted by atomic mass is 35.5. The topological polar surface area (TPSA) is 58.6 Å². The van der Waals surface area contributed by atoms with Crippen LogP contribution < -0.4 is 10.1 Å². The summed E-state index contributed by atoms with van der Waals surface area (Å²) in [4.78, 5) is 12.0. The van der Waals surface area contributed by atoms with Crippen molar-refractivity contribution in [3.63, 3.8) is 0 Å². The monoisotopic (exact) mass is 309 g/mol. The van der Waals surface area contributed by atoms with E-state index in [0.29, 0.717) is 11.4 Å². The van der Waals surface area contributed by atoms with Crippen LogP contribution >= 0.6 is 11.6 Å². The normalized spacial score (nSPS) is 10.2. The molecule has 2 N–H and O–H groups in total. The smallest absolute Gasteiger partial charge is 0.258 e. The Bertz CT molecular complexity index is 631. The highest BCUT2D eigenvalue weighted by Gasteiger charge is 2.12. The van der Waals surface area contributed by atoms with E-state index in [9.17, 15) is 9.18 Å². The van der Waals surface area contributed by atoms with Crippen LogP contribution in [0.2, 0.25) is 5.02 Å². The minimum absolute atomic E-state index is 0.0769. The predicted octanol–water partition coefficient (Wildman–Crippen LogP) is 3.10. The number of halogens is 2. The quantitative estimate of drug-likeness (QED) is 0.892. The third-order valence-corrected chi connectivity index (χ3v) is 2.88. The molecule has 1 amide bonds. The van der Waals surface area contributed by atoms with Crippen molar-refractivity contribution in [3.8, 4) is 5.75 Å². The molecule has 0 fully saturated rings. The van der Waals surface area contributed by atoms with E-state index in [2.05, 4.69) is 5.32 Å². The molecule has 0 aromatic heterocycles. The second-order valence-electron chi connectivity index (χ2n) is 4.17. The summed E-state index contributed by atoms with van der Waals surface area (Å²) < 4.78 is 18.8. The third-order valence-electron chi connectivity index (χ3n) is 2.65. The molecule has 0 unspecified atom stereocenters. The number of hydrogen-bond donors (Lipinski definition) is 2. The van der Waals surface area contributed by atoms with Gasteiger partial charge in [-0.25, -0.2) is 4.39 Å². The fourth-order valence-electron chi connectivity index (χ4n) is 1.67. The number of carbonyl (C=O) groups is 1. The maximum atomic E-state index is 13.6. The Morgan fingerprint density at radius 2 is 1.95 bits per heavy atom. The Morgan fingerprint density at radius 1 is 1.24 bits per heavy atom. The number of rotatable bonds is 5. The summed E-state index contributed by atoms with van der Waals surface area (Å²) in [5, 5.41) is 11.5. The van der Waals surface area contributed by atoms with Crippen molar-refractivity contribution in [1.29, 1.82) is 0 Å². The lowest BCUT2D eigenvalue weighted by molar-refractivity contribution is 0.102. The molecule has 0 saturated heterocycles. The first-order valence-electron chi connectivity index (χ1n) is 6.20. The molecule has 2 aromatic carbocycles. The van der Waals surface area contributed by atoms with Crippen LogP contribution in [0.1, 0.15) is 10.4 Å². The second kappa shape index (κ2) is 7.06. The van der Waals surface area contributed by atoms with Gasteiger partial charge in [-0.3, -0.25) is 4.79 Å².